The number of hydrogen-bond acceptors (Lipinski definition) is 5. The van der Waals surface area contributed by atoms with Gasteiger partial charge in [0.05, 0.1) is 18.2 Å². The molecule has 1 saturated heterocycles. The second-order valence-corrected chi connectivity index (χ2v) is 6.29. The second-order valence-electron chi connectivity index (χ2n) is 6.29. The lowest BCUT2D eigenvalue weighted by atomic mass is 9.97. The first-order valence-electron chi connectivity index (χ1n) is 8.81. The van der Waals surface area contributed by atoms with E-state index in [1.807, 2.05) is 31.2 Å². The van der Waals surface area contributed by atoms with Crippen molar-refractivity contribution >= 4 is 5.91 Å². The topological polar surface area (TPSA) is 67.6 Å². The largest absolute Gasteiger partial charge is 0.494 e. The van der Waals surface area contributed by atoms with Gasteiger partial charge in [0.15, 0.2) is 0 Å². The molecule has 1 amide bonds. The molecule has 0 spiro atoms. The van der Waals surface area contributed by atoms with Gasteiger partial charge in [-0.2, -0.15) is 0 Å². The third-order valence-electron chi connectivity index (χ3n) is 4.47. The van der Waals surface area contributed by atoms with Crippen molar-refractivity contribution in [3.8, 4) is 17.2 Å². The van der Waals surface area contributed by atoms with E-state index in [4.69, 9.17) is 9.15 Å². The third kappa shape index (κ3) is 4.39. The zero-order valence-electron chi connectivity index (χ0n) is 14.8. The average molecular weight is 343 g/mol. The molecule has 0 aliphatic carbocycles. The van der Waals surface area contributed by atoms with Crippen LogP contribution in [0.1, 0.15) is 25.5 Å². The van der Waals surface area contributed by atoms with E-state index in [0.29, 0.717) is 19.0 Å². The number of hydrogen-bond donors (Lipinski definition) is 1. The van der Waals surface area contributed by atoms with Crippen molar-refractivity contribution in [2.24, 2.45) is 5.92 Å². The summed E-state index contributed by atoms with van der Waals surface area (Å²) in [5, 5.41) is 2.75. The highest BCUT2D eigenvalue weighted by atomic mass is 16.5. The maximum absolute atomic E-state index is 11.8. The van der Waals surface area contributed by atoms with Gasteiger partial charge in [-0.25, -0.2) is 4.98 Å². The number of ether oxygens (including phenoxy) is 1. The summed E-state index contributed by atoms with van der Waals surface area (Å²) in [6, 6.07) is 7.73. The highest BCUT2D eigenvalue weighted by Gasteiger charge is 2.25. The molecule has 6 nitrogen and oxygen atoms in total. The van der Waals surface area contributed by atoms with Crippen LogP contribution in [0.3, 0.4) is 0 Å². The molecule has 3 rings (SSSR count). The zero-order chi connectivity index (χ0) is 17.6. The van der Waals surface area contributed by atoms with Crippen molar-refractivity contribution in [2.45, 2.75) is 26.3 Å². The molecule has 6 heteroatoms. The number of amides is 1. The number of carbonyl (C=O) groups excluding carboxylic acids is 1. The van der Waals surface area contributed by atoms with Gasteiger partial charge in [-0.05, 0) is 50.6 Å². The van der Waals surface area contributed by atoms with Crippen molar-refractivity contribution in [1.82, 2.24) is 15.2 Å². The van der Waals surface area contributed by atoms with Crippen molar-refractivity contribution in [3.63, 3.8) is 0 Å². The fraction of sp³-hybridized carbons (Fsp3) is 0.474. The molecule has 1 fully saturated rings. The molecular formula is C19H25N3O3. The summed E-state index contributed by atoms with van der Waals surface area (Å²) in [7, 11) is 1.70. The van der Waals surface area contributed by atoms with Crippen molar-refractivity contribution in [3.05, 3.63) is 36.2 Å². The number of piperidine rings is 1. The van der Waals surface area contributed by atoms with Crippen LogP contribution in [0.4, 0.5) is 0 Å². The average Bonchev–Trinajstić information content (AvgIpc) is 3.10. The molecule has 1 N–H and O–H groups in total. The van der Waals surface area contributed by atoms with Crippen LogP contribution in [0.25, 0.3) is 11.5 Å². The molecule has 2 heterocycles. The van der Waals surface area contributed by atoms with Crippen molar-refractivity contribution < 1.29 is 13.9 Å². The fourth-order valence-corrected chi connectivity index (χ4v) is 3.22. The van der Waals surface area contributed by atoms with Crippen LogP contribution >= 0.6 is 0 Å². The number of rotatable bonds is 6. The van der Waals surface area contributed by atoms with Crippen LogP contribution in [0.15, 0.2) is 34.9 Å². The first-order valence-corrected chi connectivity index (χ1v) is 8.81. The molecule has 1 aromatic carbocycles. The Kier molecular flexibility index (Phi) is 5.71. The fourth-order valence-electron chi connectivity index (χ4n) is 3.22. The van der Waals surface area contributed by atoms with Crippen molar-refractivity contribution in [2.75, 3.05) is 26.7 Å². The van der Waals surface area contributed by atoms with Gasteiger partial charge in [-0.1, -0.05) is 0 Å². The summed E-state index contributed by atoms with van der Waals surface area (Å²) in [6.45, 7) is 5.07. The summed E-state index contributed by atoms with van der Waals surface area (Å²) in [6.07, 6.45) is 3.68. The van der Waals surface area contributed by atoms with Gasteiger partial charge in [-0.3, -0.25) is 9.69 Å². The van der Waals surface area contributed by atoms with E-state index >= 15 is 0 Å². The number of carbonyl (C=O) groups is 1. The number of aromatic nitrogens is 1. The predicted molar refractivity (Wildman–Crippen MR) is 95.2 cm³/mol. The molecule has 0 radical (unpaired) electrons. The Morgan fingerprint density at radius 3 is 2.92 bits per heavy atom. The van der Waals surface area contributed by atoms with Gasteiger partial charge >= 0.3 is 0 Å². The number of oxazole rings is 1. The number of nitrogens with one attached hydrogen (secondary N) is 1. The SMILES string of the molecule is CCOc1ccc(-c2nc(CN3CCCC(C(=O)NC)C3)co2)cc1. The minimum Gasteiger partial charge on any atom is -0.494 e. The minimum absolute atomic E-state index is 0.0660. The van der Waals surface area contributed by atoms with Crippen LogP contribution in [0, 0.1) is 5.92 Å². The summed E-state index contributed by atoms with van der Waals surface area (Å²) < 4.78 is 11.1. The Balaban J connectivity index is 1.62. The number of benzene rings is 1. The van der Waals surface area contributed by atoms with Crippen LogP contribution in [0.2, 0.25) is 0 Å². The number of likely N-dealkylation sites (tertiary alicyclic amines) is 1. The first kappa shape index (κ1) is 17.5. The Morgan fingerprint density at radius 2 is 2.20 bits per heavy atom. The maximum atomic E-state index is 11.8. The summed E-state index contributed by atoms with van der Waals surface area (Å²) in [4.78, 5) is 18.7. The predicted octanol–water partition coefficient (Wildman–Crippen LogP) is 2.70. The van der Waals surface area contributed by atoms with Gasteiger partial charge in [0.25, 0.3) is 0 Å². The third-order valence-corrected chi connectivity index (χ3v) is 4.47. The minimum atomic E-state index is 0.0660. The van der Waals surface area contributed by atoms with Gasteiger partial charge in [-0.15, -0.1) is 0 Å². The summed E-state index contributed by atoms with van der Waals surface area (Å²) in [5.74, 6) is 1.64. The molecule has 25 heavy (non-hydrogen) atoms. The highest BCUT2D eigenvalue weighted by Crippen LogP contribution is 2.23. The smallest absolute Gasteiger partial charge is 0.226 e. The lowest BCUT2D eigenvalue weighted by Crippen LogP contribution is -2.41. The molecule has 1 aliphatic rings. The van der Waals surface area contributed by atoms with Gasteiger partial charge in [0.2, 0.25) is 11.8 Å². The van der Waals surface area contributed by atoms with Crippen molar-refractivity contribution in [1.29, 1.82) is 0 Å². The summed E-state index contributed by atoms with van der Waals surface area (Å²) in [5.41, 5.74) is 1.82. The Morgan fingerprint density at radius 1 is 1.40 bits per heavy atom. The normalized spacial score (nSPS) is 18.1. The molecular weight excluding hydrogens is 318 g/mol. The molecule has 1 unspecified atom stereocenters. The number of nitrogens with zero attached hydrogens (tertiary/aromatic N) is 2. The molecule has 1 atom stereocenters. The molecule has 0 bridgehead atoms. The van der Waals surface area contributed by atoms with Crippen LogP contribution in [0.5, 0.6) is 5.75 Å². The molecule has 0 saturated carbocycles. The van der Waals surface area contributed by atoms with Crippen LogP contribution in [-0.4, -0.2) is 42.5 Å². The van der Waals surface area contributed by atoms with Crippen LogP contribution < -0.4 is 10.1 Å². The monoisotopic (exact) mass is 343 g/mol. The Labute approximate surface area is 148 Å². The van der Waals surface area contributed by atoms with E-state index in [1.165, 1.54) is 0 Å². The van der Waals surface area contributed by atoms with E-state index in [-0.39, 0.29) is 11.8 Å². The lowest BCUT2D eigenvalue weighted by molar-refractivity contribution is -0.126. The first-order chi connectivity index (χ1) is 12.2. The van der Waals surface area contributed by atoms with E-state index in [0.717, 1.165) is 42.9 Å². The summed E-state index contributed by atoms with van der Waals surface area (Å²) >= 11 is 0. The standard InChI is InChI=1S/C19H25N3O3/c1-3-24-17-8-6-14(7-9-17)19-21-16(13-25-19)12-22-10-4-5-15(11-22)18(23)20-2/h6-9,13,15H,3-5,10-12H2,1-2H3,(H,20,23). The molecule has 1 aromatic heterocycles. The Hall–Kier alpha value is -2.34. The quantitative estimate of drug-likeness (QED) is 0.873. The second kappa shape index (κ2) is 8.16. The maximum Gasteiger partial charge on any atom is 0.226 e. The van der Waals surface area contributed by atoms with Crippen LogP contribution in [-0.2, 0) is 11.3 Å². The highest BCUT2D eigenvalue weighted by molar-refractivity contribution is 5.78. The van der Waals surface area contributed by atoms with E-state index in [9.17, 15) is 4.79 Å². The van der Waals surface area contributed by atoms with Gasteiger partial charge in [0, 0.05) is 25.7 Å². The molecule has 134 valence electrons. The zero-order valence-corrected chi connectivity index (χ0v) is 14.8. The Bertz CT molecular complexity index is 696. The van der Waals surface area contributed by atoms with E-state index < -0.39 is 0 Å². The molecule has 2 aromatic rings. The van der Waals surface area contributed by atoms with E-state index in [1.54, 1.807) is 13.3 Å². The lowest BCUT2D eigenvalue weighted by Gasteiger charge is -2.30. The van der Waals surface area contributed by atoms with Gasteiger partial charge < -0.3 is 14.5 Å². The molecule has 1 aliphatic heterocycles. The van der Waals surface area contributed by atoms with Gasteiger partial charge in [0.1, 0.15) is 12.0 Å². The van der Waals surface area contributed by atoms with E-state index in [2.05, 4.69) is 15.2 Å².